The van der Waals surface area contributed by atoms with Crippen LogP contribution in [0.5, 0.6) is 0 Å². The predicted molar refractivity (Wildman–Crippen MR) is 93.3 cm³/mol. The van der Waals surface area contributed by atoms with E-state index in [9.17, 15) is 0 Å². The van der Waals surface area contributed by atoms with E-state index in [0.717, 1.165) is 61.3 Å². The van der Waals surface area contributed by atoms with Crippen LogP contribution in [-0.4, -0.2) is 31.1 Å². The van der Waals surface area contributed by atoms with Crippen molar-refractivity contribution in [1.82, 2.24) is 10.2 Å². The van der Waals surface area contributed by atoms with Crippen molar-refractivity contribution in [1.29, 1.82) is 0 Å². The van der Waals surface area contributed by atoms with Gasteiger partial charge in [0.25, 0.3) is 0 Å². The molecule has 1 heterocycles. The maximum Gasteiger partial charge on any atom is 0.135 e. The second-order valence-electron chi connectivity index (χ2n) is 5.30. The Balaban J connectivity index is 1.77. The molecule has 0 spiro atoms. The third-order valence-electron chi connectivity index (χ3n) is 3.82. The van der Waals surface area contributed by atoms with Gasteiger partial charge in [-0.25, -0.2) is 0 Å². The van der Waals surface area contributed by atoms with Crippen molar-refractivity contribution in [3.63, 3.8) is 0 Å². The van der Waals surface area contributed by atoms with Gasteiger partial charge in [0.2, 0.25) is 0 Å². The van der Waals surface area contributed by atoms with Crippen molar-refractivity contribution in [3.05, 3.63) is 47.2 Å². The SMILES string of the molecule is CCN(CC)CCCNCc1ccc(-c2ccccc2Cl)o1. The normalized spacial score (nSPS) is 11.3. The van der Waals surface area contributed by atoms with E-state index in [0.29, 0.717) is 0 Å². The molecule has 0 bridgehead atoms. The summed E-state index contributed by atoms with van der Waals surface area (Å²) < 4.78 is 5.86. The summed E-state index contributed by atoms with van der Waals surface area (Å²) in [5.41, 5.74) is 0.942. The first-order valence-corrected chi connectivity index (χ1v) is 8.39. The van der Waals surface area contributed by atoms with E-state index in [-0.39, 0.29) is 0 Å². The molecule has 0 saturated heterocycles. The molecule has 120 valence electrons. The van der Waals surface area contributed by atoms with Gasteiger partial charge in [0.15, 0.2) is 0 Å². The van der Waals surface area contributed by atoms with Gasteiger partial charge in [0, 0.05) is 5.56 Å². The molecule has 3 nitrogen and oxygen atoms in total. The first-order valence-electron chi connectivity index (χ1n) is 8.01. The van der Waals surface area contributed by atoms with Crippen LogP contribution in [0, 0.1) is 0 Å². The summed E-state index contributed by atoms with van der Waals surface area (Å²) in [6.07, 6.45) is 1.15. The van der Waals surface area contributed by atoms with Crippen LogP contribution in [-0.2, 0) is 6.54 Å². The van der Waals surface area contributed by atoms with Crippen molar-refractivity contribution < 1.29 is 4.42 Å². The Hall–Kier alpha value is -1.29. The lowest BCUT2D eigenvalue weighted by atomic mass is 10.2. The van der Waals surface area contributed by atoms with E-state index < -0.39 is 0 Å². The Kier molecular flexibility index (Phi) is 6.97. The van der Waals surface area contributed by atoms with Crippen LogP contribution in [0.1, 0.15) is 26.0 Å². The average Bonchev–Trinajstić information content (AvgIpc) is 3.00. The monoisotopic (exact) mass is 320 g/mol. The standard InChI is InChI=1S/C18H25ClN2O/c1-3-21(4-2)13-7-12-20-14-15-10-11-18(22-15)16-8-5-6-9-17(16)19/h5-6,8-11,20H,3-4,7,12-14H2,1-2H3. The molecule has 0 aliphatic carbocycles. The van der Waals surface area contributed by atoms with Gasteiger partial charge in [-0.2, -0.15) is 0 Å². The highest BCUT2D eigenvalue weighted by Crippen LogP contribution is 2.28. The van der Waals surface area contributed by atoms with Gasteiger partial charge < -0.3 is 14.6 Å². The maximum absolute atomic E-state index is 6.19. The third-order valence-corrected chi connectivity index (χ3v) is 4.15. The van der Waals surface area contributed by atoms with Crippen LogP contribution in [0.3, 0.4) is 0 Å². The van der Waals surface area contributed by atoms with Crippen LogP contribution >= 0.6 is 11.6 Å². The van der Waals surface area contributed by atoms with Crippen LogP contribution < -0.4 is 5.32 Å². The fraction of sp³-hybridized carbons (Fsp3) is 0.444. The Morgan fingerprint density at radius 3 is 2.59 bits per heavy atom. The first-order chi connectivity index (χ1) is 10.7. The Bertz CT molecular complexity index is 564. The number of benzene rings is 1. The average molecular weight is 321 g/mol. The van der Waals surface area contributed by atoms with E-state index in [1.54, 1.807) is 0 Å². The van der Waals surface area contributed by atoms with Crippen molar-refractivity contribution in [2.45, 2.75) is 26.8 Å². The summed E-state index contributed by atoms with van der Waals surface area (Å²) in [6, 6.07) is 11.7. The van der Waals surface area contributed by atoms with E-state index in [4.69, 9.17) is 16.0 Å². The van der Waals surface area contributed by atoms with E-state index in [1.165, 1.54) is 0 Å². The molecule has 0 amide bonds. The highest BCUT2D eigenvalue weighted by atomic mass is 35.5. The smallest absolute Gasteiger partial charge is 0.135 e. The summed E-state index contributed by atoms with van der Waals surface area (Å²) in [5, 5.41) is 4.15. The van der Waals surface area contributed by atoms with E-state index >= 15 is 0 Å². The lowest BCUT2D eigenvalue weighted by molar-refractivity contribution is 0.297. The van der Waals surface area contributed by atoms with Gasteiger partial charge >= 0.3 is 0 Å². The molecule has 2 rings (SSSR count). The number of halogens is 1. The van der Waals surface area contributed by atoms with Crippen LogP contribution in [0.2, 0.25) is 5.02 Å². The number of rotatable bonds is 9. The van der Waals surface area contributed by atoms with Crippen molar-refractivity contribution in [3.8, 4) is 11.3 Å². The molecule has 2 aromatic rings. The molecule has 0 saturated carbocycles. The second kappa shape index (κ2) is 8.99. The molecule has 1 N–H and O–H groups in total. The lowest BCUT2D eigenvalue weighted by Gasteiger charge is -2.17. The van der Waals surface area contributed by atoms with Gasteiger partial charge in [-0.3, -0.25) is 0 Å². The quantitative estimate of drug-likeness (QED) is 0.693. The Labute approximate surface area is 138 Å². The molecule has 0 unspecified atom stereocenters. The second-order valence-corrected chi connectivity index (χ2v) is 5.71. The molecule has 0 aliphatic rings. The van der Waals surface area contributed by atoms with Gasteiger partial charge in [-0.1, -0.05) is 37.6 Å². The molecule has 0 aliphatic heterocycles. The largest absolute Gasteiger partial charge is 0.460 e. The fourth-order valence-electron chi connectivity index (χ4n) is 2.46. The maximum atomic E-state index is 6.19. The highest BCUT2D eigenvalue weighted by Gasteiger charge is 2.07. The first kappa shape index (κ1) is 17.1. The zero-order chi connectivity index (χ0) is 15.8. The summed E-state index contributed by atoms with van der Waals surface area (Å²) in [6.45, 7) is 9.54. The van der Waals surface area contributed by atoms with Crippen LogP contribution in [0.15, 0.2) is 40.8 Å². The molecular weight excluding hydrogens is 296 g/mol. The number of furan rings is 1. The lowest BCUT2D eigenvalue weighted by Crippen LogP contribution is -2.27. The zero-order valence-corrected chi connectivity index (χ0v) is 14.2. The van der Waals surface area contributed by atoms with E-state index in [1.807, 2.05) is 36.4 Å². The number of nitrogens with one attached hydrogen (secondary N) is 1. The number of hydrogen-bond donors (Lipinski definition) is 1. The van der Waals surface area contributed by atoms with Crippen molar-refractivity contribution >= 4 is 11.6 Å². The number of nitrogens with zero attached hydrogens (tertiary/aromatic N) is 1. The molecule has 0 atom stereocenters. The molecule has 0 radical (unpaired) electrons. The minimum atomic E-state index is 0.718. The molecular formula is C18H25ClN2O. The van der Waals surface area contributed by atoms with Crippen molar-refractivity contribution in [2.24, 2.45) is 0 Å². The molecule has 1 aromatic carbocycles. The zero-order valence-electron chi connectivity index (χ0n) is 13.4. The van der Waals surface area contributed by atoms with Crippen LogP contribution in [0.25, 0.3) is 11.3 Å². The summed E-state index contributed by atoms with van der Waals surface area (Å²) in [5.74, 6) is 1.77. The molecule has 0 fully saturated rings. The minimum Gasteiger partial charge on any atom is -0.460 e. The summed E-state index contributed by atoms with van der Waals surface area (Å²) in [4.78, 5) is 2.43. The molecule has 4 heteroatoms. The van der Waals surface area contributed by atoms with Gasteiger partial charge in [0.05, 0.1) is 11.6 Å². The minimum absolute atomic E-state index is 0.718. The number of hydrogen-bond acceptors (Lipinski definition) is 3. The Morgan fingerprint density at radius 2 is 1.86 bits per heavy atom. The summed E-state index contributed by atoms with van der Waals surface area (Å²) in [7, 11) is 0. The van der Waals surface area contributed by atoms with E-state index in [2.05, 4.69) is 24.1 Å². The van der Waals surface area contributed by atoms with Gasteiger partial charge in [0.1, 0.15) is 11.5 Å². The van der Waals surface area contributed by atoms with Crippen LogP contribution in [0.4, 0.5) is 0 Å². The van der Waals surface area contributed by atoms with Gasteiger partial charge in [-0.05, 0) is 56.9 Å². The molecule has 22 heavy (non-hydrogen) atoms. The van der Waals surface area contributed by atoms with Gasteiger partial charge in [-0.15, -0.1) is 0 Å². The molecule has 1 aromatic heterocycles. The summed E-state index contributed by atoms with van der Waals surface area (Å²) >= 11 is 6.19. The topological polar surface area (TPSA) is 28.4 Å². The van der Waals surface area contributed by atoms with Crippen molar-refractivity contribution in [2.75, 3.05) is 26.2 Å². The Morgan fingerprint density at radius 1 is 1.09 bits per heavy atom. The fourth-order valence-corrected chi connectivity index (χ4v) is 2.69. The highest BCUT2D eigenvalue weighted by molar-refractivity contribution is 6.33. The third kappa shape index (κ3) is 4.87. The predicted octanol–water partition coefficient (Wildman–Crippen LogP) is 4.42.